The molecule has 1 saturated heterocycles. The third-order valence-corrected chi connectivity index (χ3v) is 4.36. The number of nitrogens with zero attached hydrogens (tertiary/aromatic N) is 2. The van der Waals surface area contributed by atoms with E-state index in [1.165, 1.54) is 0 Å². The number of anilines is 1. The number of ether oxygens (including phenoxy) is 2. The number of hydrogen-bond acceptors (Lipinski definition) is 4. The zero-order chi connectivity index (χ0) is 16.9. The van der Waals surface area contributed by atoms with E-state index >= 15 is 0 Å². The second kappa shape index (κ2) is 9.09. The number of para-hydroxylation sites is 2. The number of halogens is 1. The fraction of sp³-hybridized carbons (Fsp3) is 0.400. The van der Waals surface area contributed by atoms with Crippen LogP contribution in [0.15, 0.2) is 54.6 Å². The SMILES string of the molecule is CN1CCOC(C(Oc2ccccc2N(C)C)c2ccccc2)C1.Cl. The highest BCUT2D eigenvalue weighted by Crippen LogP contribution is 2.33. The molecule has 0 N–H and O–H groups in total. The van der Waals surface area contributed by atoms with E-state index in [1.54, 1.807) is 0 Å². The van der Waals surface area contributed by atoms with E-state index < -0.39 is 0 Å². The van der Waals surface area contributed by atoms with Crippen LogP contribution in [0.2, 0.25) is 0 Å². The molecule has 0 bridgehead atoms. The maximum atomic E-state index is 6.49. The Hall–Kier alpha value is -1.75. The van der Waals surface area contributed by atoms with Crippen molar-refractivity contribution in [2.24, 2.45) is 0 Å². The molecule has 25 heavy (non-hydrogen) atoms. The lowest BCUT2D eigenvalue weighted by Crippen LogP contribution is -2.44. The first kappa shape index (κ1) is 19.6. The van der Waals surface area contributed by atoms with Crippen LogP contribution in [0.1, 0.15) is 11.7 Å². The summed E-state index contributed by atoms with van der Waals surface area (Å²) >= 11 is 0. The molecule has 1 heterocycles. The van der Waals surface area contributed by atoms with E-state index in [0.29, 0.717) is 0 Å². The van der Waals surface area contributed by atoms with Gasteiger partial charge in [0.1, 0.15) is 11.9 Å². The van der Waals surface area contributed by atoms with Gasteiger partial charge >= 0.3 is 0 Å². The molecule has 0 saturated carbocycles. The van der Waals surface area contributed by atoms with Crippen molar-refractivity contribution in [1.29, 1.82) is 0 Å². The Kier molecular flexibility index (Phi) is 7.12. The molecule has 0 spiro atoms. The third-order valence-electron chi connectivity index (χ3n) is 4.36. The molecule has 1 aliphatic rings. The molecule has 2 unspecified atom stereocenters. The predicted molar refractivity (Wildman–Crippen MR) is 105 cm³/mol. The Morgan fingerprint density at radius 2 is 1.76 bits per heavy atom. The van der Waals surface area contributed by atoms with Crippen LogP contribution < -0.4 is 9.64 Å². The molecule has 0 aliphatic carbocycles. The minimum Gasteiger partial charge on any atom is -0.481 e. The lowest BCUT2D eigenvalue weighted by atomic mass is 10.0. The van der Waals surface area contributed by atoms with Gasteiger partial charge in [0.2, 0.25) is 0 Å². The maximum absolute atomic E-state index is 6.49. The number of benzene rings is 2. The number of hydrogen-bond donors (Lipinski definition) is 0. The zero-order valence-corrected chi connectivity index (χ0v) is 15.9. The van der Waals surface area contributed by atoms with Crippen molar-refractivity contribution in [2.75, 3.05) is 45.7 Å². The summed E-state index contributed by atoms with van der Waals surface area (Å²) in [5.74, 6) is 0.883. The summed E-state index contributed by atoms with van der Waals surface area (Å²) in [7, 11) is 6.19. The number of morpholine rings is 1. The average molecular weight is 363 g/mol. The van der Waals surface area contributed by atoms with Crippen LogP contribution >= 0.6 is 12.4 Å². The molecule has 2 atom stereocenters. The molecule has 5 heteroatoms. The van der Waals surface area contributed by atoms with Crippen molar-refractivity contribution >= 4 is 18.1 Å². The first-order chi connectivity index (χ1) is 11.6. The van der Waals surface area contributed by atoms with Crippen molar-refractivity contribution in [3.63, 3.8) is 0 Å². The number of likely N-dealkylation sites (N-methyl/N-ethyl adjacent to an activating group) is 1. The molecular weight excluding hydrogens is 336 g/mol. The Morgan fingerprint density at radius 1 is 1.08 bits per heavy atom. The molecule has 136 valence electrons. The first-order valence-corrected chi connectivity index (χ1v) is 8.43. The predicted octanol–water partition coefficient (Wildman–Crippen LogP) is 3.63. The van der Waals surface area contributed by atoms with Crippen LogP contribution in [0.5, 0.6) is 5.75 Å². The van der Waals surface area contributed by atoms with Gasteiger partial charge < -0.3 is 19.3 Å². The standard InChI is InChI=1S/C20H26N2O2.ClH/c1-21(2)17-11-7-8-12-18(17)24-20(16-9-5-4-6-10-16)19-15-22(3)13-14-23-19;/h4-12,19-20H,13-15H2,1-3H3;1H. The van der Waals surface area contributed by atoms with Gasteiger partial charge in [-0.1, -0.05) is 42.5 Å². The van der Waals surface area contributed by atoms with E-state index in [9.17, 15) is 0 Å². The lowest BCUT2D eigenvalue weighted by molar-refractivity contribution is -0.0758. The van der Waals surface area contributed by atoms with Gasteiger partial charge in [0.05, 0.1) is 12.3 Å². The number of rotatable bonds is 5. The van der Waals surface area contributed by atoms with Gasteiger partial charge in [0.15, 0.2) is 6.10 Å². The molecule has 4 nitrogen and oxygen atoms in total. The van der Waals surface area contributed by atoms with Crippen LogP contribution in [0.3, 0.4) is 0 Å². The Bertz CT molecular complexity index is 651. The van der Waals surface area contributed by atoms with Crippen molar-refractivity contribution in [3.05, 3.63) is 60.2 Å². The molecule has 2 aromatic rings. The fourth-order valence-corrected chi connectivity index (χ4v) is 3.06. The molecule has 1 aliphatic heterocycles. The minimum atomic E-state index is -0.130. The second-order valence-electron chi connectivity index (χ2n) is 6.48. The van der Waals surface area contributed by atoms with Crippen LogP contribution in [0.4, 0.5) is 5.69 Å². The van der Waals surface area contributed by atoms with Gasteiger partial charge in [0.25, 0.3) is 0 Å². The normalized spacial score (nSPS) is 18.9. The summed E-state index contributed by atoms with van der Waals surface area (Å²) in [6, 6.07) is 18.5. The van der Waals surface area contributed by atoms with E-state index in [1.807, 2.05) is 38.4 Å². The first-order valence-electron chi connectivity index (χ1n) is 8.43. The average Bonchev–Trinajstić information content (AvgIpc) is 2.60. The van der Waals surface area contributed by atoms with Crippen molar-refractivity contribution in [1.82, 2.24) is 4.90 Å². The molecule has 0 radical (unpaired) electrons. The van der Waals surface area contributed by atoms with E-state index in [0.717, 1.165) is 36.7 Å². The van der Waals surface area contributed by atoms with Gasteiger partial charge in [-0.2, -0.15) is 0 Å². The van der Waals surface area contributed by atoms with Crippen LogP contribution in [0.25, 0.3) is 0 Å². The monoisotopic (exact) mass is 362 g/mol. The highest BCUT2D eigenvalue weighted by Gasteiger charge is 2.30. The minimum absolute atomic E-state index is 0. The Labute approximate surface area is 156 Å². The summed E-state index contributed by atoms with van der Waals surface area (Å²) in [5, 5.41) is 0. The summed E-state index contributed by atoms with van der Waals surface area (Å²) in [5.41, 5.74) is 2.22. The zero-order valence-electron chi connectivity index (χ0n) is 15.1. The molecular formula is C20H27ClN2O2. The van der Waals surface area contributed by atoms with Gasteiger partial charge in [-0.15, -0.1) is 12.4 Å². The summed E-state index contributed by atoms with van der Waals surface area (Å²) < 4.78 is 12.5. The van der Waals surface area contributed by atoms with Crippen LogP contribution in [-0.4, -0.2) is 51.8 Å². The third kappa shape index (κ3) is 4.88. The van der Waals surface area contributed by atoms with Crippen molar-refractivity contribution in [2.45, 2.75) is 12.2 Å². The highest BCUT2D eigenvalue weighted by molar-refractivity contribution is 5.85. The van der Waals surface area contributed by atoms with Gasteiger partial charge in [-0.3, -0.25) is 0 Å². The van der Waals surface area contributed by atoms with Gasteiger partial charge in [-0.05, 0) is 24.7 Å². The fourth-order valence-electron chi connectivity index (χ4n) is 3.06. The van der Waals surface area contributed by atoms with E-state index in [2.05, 4.69) is 47.2 Å². The Morgan fingerprint density at radius 3 is 2.44 bits per heavy atom. The van der Waals surface area contributed by atoms with Crippen LogP contribution in [0, 0.1) is 0 Å². The maximum Gasteiger partial charge on any atom is 0.151 e. The smallest absolute Gasteiger partial charge is 0.151 e. The van der Waals surface area contributed by atoms with Crippen molar-refractivity contribution < 1.29 is 9.47 Å². The van der Waals surface area contributed by atoms with E-state index in [-0.39, 0.29) is 24.6 Å². The summed E-state index contributed by atoms with van der Waals surface area (Å²) in [4.78, 5) is 4.37. The molecule has 2 aromatic carbocycles. The second-order valence-corrected chi connectivity index (χ2v) is 6.48. The quantitative estimate of drug-likeness (QED) is 0.811. The summed E-state index contributed by atoms with van der Waals surface area (Å²) in [6.45, 7) is 2.57. The Balaban J connectivity index is 0.00000225. The summed E-state index contributed by atoms with van der Waals surface area (Å²) in [6.07, 6.45) is -0.114. The van der Waals surface area contributed by atoms with Gasteiger partial charge in [-0.25, -0.2) is 0 Å². The van der Waals surface area contributed by atoms with E-state index in [4.69, 9.17) is 9.47 Å². The molecule has 0 aromatic heterocycles. The molecule has 1 fully saturated rings. The largest absolute Gasteiger partial charge is 0.481 e. The molecule has 0 amide bonds. The van der Waals surface area contributed by atoms with Crippen molar-refractivity contribution in [3.8, 4) is 5.75 Å². The van der Waals surface area contributed by atoms with Gasteiger partial charge in [0, 0.05) is 27.2 Å². The highest BCUT2D eigenvalue weighted by atomic mass is 35.5. The van der Waals surface area contributed by atoms with Crippen LogP contribution in [-0.2, 0) is 4.74 Å². The lowest BCUT2D eigenvalue weighted by Gasteiger charge is -2.36. The molecule has 3 rings (SSSR count). The topological polar surface area (TPSA) is 24.9 Å².